The highest BCUT2D eigenvalue weighted by atomic mass is 16.5. The van der Waals surface area contributed by atoms with Gasteiger partial charge in [0.1, 0.15) is 0 Å². The quantitative estimate of drug-likeness (QED) is 0.422. The van der Waals surface area contributed by atoms with Gasteiger partial charge in [0.2, 0.25) is 0 Å². The molecule has 1 aliphatic carbocycles. The third kappa shape index (κ3) is 5.01. The van der Waals surface area contributed by atoms with Gasteiger partial charge < -0.3 is 14.4 Å². The Labute approximate surface area is 163 Å². The van der Waals surface area contributed by atoms with Gasteiger partial charge in [0.15, 0.2) is 0 Å². The summed E-state index contributed by atoms with van der Waals surface area (Å²) in [6, 6.07) is 0. The van der Waals surface area contributed by atoms with Crippen LogP contribution >= 0.6 is 0 Å². The molecule has 0 spiro atoms. The van der Waals surface area contributed by atoms with E-state index in [4.69, 9.17) is 9.47 Å². The molecule has 0 radical (unpaired) electrons. The molecule has 0 aromatic carbocycles. The highest BCUT2D eigenvalue weighted by molar-refractivity contribution is 5.94. The van der Waals surface area contributed by atoms with E-state index in [9.17, 15) is 4.79 Å². The molecule has 2 rings (SSSR count). The Morgan fingerprint density at radius 2 is 2.22 bits per heavy atom. The molecule has 4 heteroatoms. The van der Waals surface area contributed by atoms with Gasteiger partial charge in [0.25, 0.3) is 0 Å². The molecule has 2 atom stereocenters. The lowest BCUT2D eigenvalue weighted by molar-refractivity contribution is -0.138. The van der Waals surface area contributed by atoms with E-state index in [1.165, 1.54) is 0 Å². The maximum absolute atomic E-state index is 12.6. The number of carbonyl (C=O) groups excluding carboxylic acids is 1. The van der Waals surface area contributed by atoms with E-state index in [1.54, 1.807) is 6.20 Å². The van der Waals surface area contributed by atoms with Crippen LogP contribution in [0, 0.1) is 0 Å². The predicted molar refractivity (Wildman–Crippen MR) is 110 cm³/mol. The summed E-state index contributed by atoms with van der Waals surface area (Å²) >= 11 is 0. The van der Waals surface area contributed by atoms with Crippen molar-refractivity contribution in [2.75, 3.05) is 6.61 Å². The number of nitrogens with zero attached hydrogens (tertiary/aromatic N) is 1. The second-order valence-corrected chi connectivity index (χ2v) is 6.90. The van der Waals surface area contributed by atoms with Crippen molar-refractivity contribution in [1.29, 1.82) is 0 Å². The summed E-state index contributed by atoms with van der Waals surface area (Å²) in [4.78, 5) is 14.7. The molecule has 0 fully saturated rings. The van der Waals surface area contributed by atoms with E-state index in [0.717, 1.165) is 49.1 Å². The minimum Gasteiger partial charge on any atom is -0.462 e. The summed E-state index contributed by atoms with van der Waals surface area (Å²) in [5, 5.41) is 0. The molecule has 1 heterocycles. The molecule has 0 N–H and O–H groups in total. The molecule has 2 aliphatic rings. The van der Waals surface area contributed by atoms with E-state index >= 15 is 0 Å². The van der Waals surface area contributed by atoms with E-state index in [1.807, 2.05) is 37.8 Å². The number of esters is 1. The zero-order valence-corrected chi connectivity index (χ0v) is 17.2. The molecular formula is C23H33NO3. The average molecular weight is 372 g/mol. The lowest BCUT2D eigenvalue weighted by Gasteiger charge is -2.36. The van der Waals surface area contributed by atoms with Gasteiger partial charge in [-0.3, -0.25) is 0 Å². The van der Waals surface area contributed by atoms with E-state index in [-0.39, 0.29) is 18.2 Å². The number of ether oxygens (including phenoxy) is 2. The molecule has 2 unspecified atom stereocenters. The van der Waals surface area contributed by atoms with Crippen molar-refractivity contribution in [1.82, 2.24) is 4.90 Å². The molecule has 1 aliphatic heterocycles. The fraction of sp³-hybridized carbons (Fsp3) is 0.522. The molecule has 0 bridgehead atoms. The fourth-order valence-electron chi connectivity index (χ4n) is 3.55. The fourth-order valence-corrected chi connectivity index (χ4v) is 3.55. The van der Waals surface area contributed by atoms with E-state index in [2.05, 4.69) is 25.7 Å². The Kier molecular flexibility index (Phi) is 8.11. The monoisotopic (exact) mass is 371 g/mol. The van der Waals surface area contributed by atoms with Crippen molar-refractivity contribution < 1.29 is 14.3 Å². The van der Waals surface area contributed by atoms with E-state index in [0.29, 0.717) is 12.2 Å². The Bertz CT molecular complexity index is 669. The first kappa shape index (κ1) is 21.2. The smallest absolute Gasteiger partial charge is 0.338 e. The molecule has 0 saturated heterocycles. The van der Waals surface area contributed by atoms with Gasteiger partial charge in [-0.2, -0.15) is 0 Å². The number of hydrogen-bond donors (Lipinski definition) is 0. The van der Waals surface area contributed by atoms with Crippen molar-refractivity contribution in [3.8, 4) is 0 Å². The molecule has 0 aromatic heterocycles. The van der Waals surface area contributed by atoms with Crippen LogP contribution in [0.5, 0.6) is 0 Å². The Morgan fingerprint density at radius 3 is 2.78 bits per heavy atom. The van der Waals surface area contributed by atoms with Gasteiger partial charge in [-0.15, -0.1) is 0 Å². The van der Waals surface area contributed by atoms with Crippen LogP contribution in [0.25, 0.3) is 0 Å². The van der Waals surface area contributed by atoms with Gasteiger partial charge in [-0.05, 0) is 57.6 Å². The van der Waals surface area contributed by atoms with Crippen LogP contribution in [0.15, 0.2) is 59.6 Å². The van der Waals surface area contributed by atoms with Crippen LogP contribution in [-0.4, -0.2) is 29.7 Å². The maximum atomic E-state index is 12.6. The van der Waals surface area contributed by atoms with Crippen molar-refractivity contribution in [3.63, 3.8) is 0 Å². The summed E-state index contributed by atoms with van der Waals surface area (Å²) in [5.74, 6) is -0.276. The number of carbonyl (C=O) groups is 1. The van der Waals surface area contributed by atoms with Gasteiger partial charge in [0, 0.05) is 11.9 Å². The van der Waals surface area contributed by atoms with Gasteiger partial charge >= 0.3 is 5.97 Å². The first-order chi connectivity index (χ1) is 13.1. The zero-order chi connectivity index (χ0) is 19.8. The molecule has 4 nitrogen and oxygen atoms in total. The van der Waals surface area contributed by atoms with Crippen molar-refractivity contribution in [2.45, 2.75) is 72.0 Å². The maximum Gasteiger partial charge on any atom is 0.338 e. The largest absolute Gasteiger partial charge is 0.462 e. The lowest BCUT2D eigenvalue weighted by atomic mass is 9.94. The highest BCUT2D eigenvalue weighted by Crippen LogP contribution is 2.35. The summed E-state index contributed by atoms with van der Waals surface area (Å²) in [6.45, 7) is 12.4. The van der Waals surface area contributed by atoms with E-state index < -0.39 is 0 Å². The second-order valence-electron chi connectivity index (χ2n) is 6.90. The van der Waals surface area contributed by atoms with Crippen LogP contribution in [-0.2, 0) is 14.3 Å². The lowest BCUT2D eigenvalue weighted by Crippen LogP contribution is -2.34. The summed E-state index contributed by atoms with van der Waals surface area (Å²) in [6.07, 6.45) is 14.9. The number of hydrogen-bond acceptors (Lipinski definition) is 4. The van der Waals surface area contributed by atoms with Crippen LogP contribution in [0.3, 0.4) is 0 Å². The predicted octanol–water partition coefficient (Wildman–Crippen LogP) is 5.41. The molecular weight excluding hydrogens is 338 g/mol. The summed E-state index contributed by atoms with van der Waals surface area (Å²) in [5.41, 5.74) is 3.39. The molecule has 148 valence electrons. The normalized spacial score (nSPS) is 22.7. The first-order valence-corrected chi connectivity index (χ1v) is 10.1. The van der Waals surface area contributed by atoms with Crippen LogP contribution in [0.1, 0.15) is 59.8 Å². The number of allylic oxidation sites excluding steroid dienone is 3. The minimum atomic E-state index is -0.276. The minimum absolute atomic E-state index is 0.117. The summed E-state index contributed by atoms with van der Waals surface area (Å²) < 4.78 is 11.9. The molecule has 0 amide bonds. The van der Waals surface area contributed by atoms with Gasteiger partial charge in [-0.25, -0.2) is 4.79 Å². The Hall–Kier alpha value is -2.07. The SMILES string of the molecule is C=CN1C(C(CC)OC2C=CCCC2)=C(C)C(C(=O)OCCC)=C/C1=C/C. The molecule has 0 aromatic rings. The third-order valence-electron chi connectivity index (χ3n) is 4.98. The highest BCUT2D eigenvalue weighted by Gasteiger charge is 2.31. The zero-order valence-electron chi connectivity index (χ0n) is 17.2. The third-order valence-corrected chi connectivity index (χ3v) is 4.98. The van der Waals surface area contributed by atoms with Crippen molar-refractivity contribution in [2.24, 2.45) is 0 Å². The standard InChI is InChI=1S/C23H33NO3/c1-6-15-26-23(25)20-16-18(7-2)24(9-4)22(17(20)5)21(8-3)27-19-13-11-10-12-14-19/h7,9,11,13,16,19,21H,4,6,8,10,12,14-15H2,1-3,5H3/b18-7-. The van der Waals surface area contributed by atoms with Crippen LogP contribution in [0.2, 0.25) is 0 Å². The topological polar surface area (TPSA) is 38.8 Å². The van der Waals surface area contributed by atoms with Gasteiger partial charge in [0.05, 0.1) is 30.1 Å². The Morgan fingerprint density at radius 1 is 1.44 bits per heavy atom. The average Bonchev–Trinajstić information content (AvgIpc) is 2.70. The number of rotatable bonds is 8. The Balaban J connectivity index is 2.40. The van der Waals surface area contributed by atoms with Crippen molar-refractivity contribution >= 4 is 5.97 Å². The second kappa shape index (κ2) is 10.3. The van der Waals surface area contributed by atoms with Crippen molar-refractivity contribution in [3.05, 3.63) is 59.6 Å². The van der Waals surface area contributed by atoms with Gasteiger partial charge in [-0.1, -0.05) is 38.7 Å². The summed E-state index contributed by atoms with van der Waals surface area (Å²) in [7, 11) is 0. The molecule has 0 saturated carbocycles. The van der Waals surface area contributed by atoms with Crippen LogP contribution in [0.4, 0.5) is 0 Å². The van der Waals surface area contributed by atoms with Crippen LogP contribution < -0.4 is 0 Å². The first-order valence-electron chi connectivity index (χ1n) is 10.1. The molecule has 27 heavy (non-hydrogen) atoms.